The SMILES string of the molecule is CCOC(=O)C1(Nc2cccc(Cl)c2)CCC(=O)CC1. The Morgan fingerprint density at radius 3 is 2.70 bits per heavy atom. The van der Waals surface area contributed by atoms with E-state index in [2.05, 4.69) is 5.32 Å². The minimum absolute atomic E-state index is 0.192. The molecule has 1 aliphatic rings. The highest BCUT2D eigenvalue weighted by Gasteiger charge is 2.42. The molecule has 1 N–H and O–H groups in total. The highest BCUT2D eigenvalue weighted by Crippen LogP contribution is 2.32. The first kappa shape index (κ1) is 14.9. The van der Waals surface area contributed by atoms with Crippen molar-refractivity contribution in [3.8, 4) is 0 Å². The number of nitrogens with one attached hydrogen (secondary N) is 1. The first-order valence-corrected chi connectivity index (χ1v) is 7.16. The molecule has 0 heterocycles. The molecule has 0 saturated heterocycles. The van der Waals surface area contributed by atoms with E-state index in [-0.39, 0.29) is 11.8 Å². The van der Waals surface area contributed by atoms with Gasteiger partial charge in [0.25, 0.3) is 0 Å². The molecule has 0 amide bonds. The van der Waals surface area contributed by atoms with Crippen LogP contribution >= 0.6 is 11.6 Å². The second-order valence-corrected chi connectivity index (χ2v) is 5.41. The number of esters is 1. The summed E-state index contributed by atoms with van der Waals surface area (Å²) < 4.78 is 5.18. The number of anilines is 1. The Kier molecular flexibility index (Phi) is 4.65. The Balaban J connectivity index is 2.22. The van der Waals surface area contributed by atoms with Gasteiger partial charge in [-0.3, -0.25) is 4.79 Å². The Bertz CT molecular complexity index is 506. The zero-order chi connectivity index (χ0) is 14.6. The molecule has 0 aliphatic heterocycles. The van der Waals surface area contributed by atoms with Crippen LogP contribution in [0.15, 0.2) is 24.3 Å². The summed E-state index contributed by atoms with van der Waals surface area (Å²) in [7, 11) is 0. The third-order valence-electron chi connectivity index (χ3n) is 3.54. The zero-order valence-electron chi connectivity index (χ0n) is 11.4. The summed E-state index contributed by atoms with van der Waals surface area (Å²) in [6.07, 6.45) is 1.70. The number of hydrogen-bond donors (Lipinski definition) is 1. The monoisotopic (exact) mass is 295 g/mol. The fourth-order valence-corrected chi connectivity index (χ4v) is 2.64. The van der Waals surface area contributed by atoms with Gasteiger partial charge in [-0.15, -0.1) is 0 Å². The van der Waals surface area contributed by atoms with Crippen molar-refractivity contribution in [2.75, 3.05) is 11.9 Å². The van der Waals surface area contributed by atoms with E-state index in [0.29, 0.717) is 37.3 Å². The van der Waals surface area contributed by atoms with Crippen molar-refractivity contribution in [3.05, 3.63) is 29.3 Å². The molecule has 4 nitrogen and oxygen atoms in total. The van der Waals surface area contributed by atoms with E-state index in [1.54, 1.807) is 19.1 Å². The van der Waals surface area contributed by atoms with Gasteiger partial charge in [0.1, 0.15) is 11.3 Å². The van der Waals surface area contributed by atoms with Crippen LogP contribution in [-0.2, 0) is 14.3 Å². The number of halogens is 1. The average molecular weight is 296 g/mol. The van der Waals surface area contributed by atoms with Crippen LogP contribution in [0, 0.1) is 0 Å². The Morgan fingerprint density at radius 1 is 1.40 bits per heavy atom. The van der Waals surface area contributed by atoms with Crippen molar-refractivity contribution >= 4 is 29.0 Å². The van der Waals surface area contributed by atoms with Crippen LogP contribution in [0.2, 0.25) is 5.02 Å². The van der Waals surface area contributed by atoms with E-state index in [1.807, 2.05) is 12.1 Å². The molecular weight excluding hydrogens is 278 g/mol. The van der Waals surface area contributed by atoms with E-state index >= 15 is 0 Å². The summed E-state index contributed by atoms with van der Waals surface area (Å²) in [5.74, 6) is -0.106. The van der Waals surface area contributed by atoms with Crippen LogP contribution in [0.1, 0.15) is 32.6 Å². The van der Waals surface area contributed by atoms with E-state index in [1.165, 1.54) is 0 Å². The third-order valence-corrected chi connectivity index (χ3v) is 3.77. The van der Waals surface area contributed by atoms with Gasteiger partial charge in [0.05, 0.1) is 6.61 Å². The number of ketones is 1. The topological polar surface area (TPSA) is 55.4 Å². The molecule has 0 spiro atoms. The molecule has 1 saturated carbocycles. The molecule has 1 aromatic carbocycles. The van der Waals surface area contributed by atoms with Crippen molar-refractivity contribution in [2.45, 2.75) is 38.1 Å². The molecule has 1 aliphatic carbocycles. The van der Waals surface area contributed by atoms with Gasteiger partial charge in [-0.05, 0) is 38.0 Å². The molecule has 2 rings (SSSR count). The van der Waals surface area contributed by atoms with Crippen LogP contribution in [0.4, 0.5) is 5.69 Å². The molecule has 1 aromatic rings. The normalized spacial score (nSPS) is 17.6. The smallest absolute Gasteiger partial charge is 0.331 e. The summed E-state index contributed by atoms with van der Waals surface area (Å²) in [6, 6.07) is 7.20. The van der Waals surface area contributed by atoms with Crippen molar-refractivity contribution < 1.29 is 14.3 Å². The van der Waals surface area contributed by atoms with E-state index in [4.69, 9.17) is 16.3 Å². The van der Waals surface area contributed by atoms with Gasteiger partial charge in [0.15, 0.2) is 0 Å². The van der Waals surface area contributed by atoms with Gasteiger partial charge in [0, 0.05) is 23.6 Å². The van der Waals surface area contributed by atoms with E-state index < -0.39 is 5.54 Å². The summed E-state index contributed by atoms with van der Waals surface area (Å²) >= 11 is 5.96. The third kappa shape index (κ3) is 3.31. The van der Waals surface area contributed by atoms with Gasteiger partial charge in [-0.2, -0.15) is 0 Å². The van der Waals surface area contributed by atoms with E-state index in [9.17, 15) is 9.59 Å². The quantitative estimate of drug-likeness (QED) is 0.867. The molecule has 1 fully saturated rings. The number of Topliss-reactive ketones (excluding diaryl/α,β-unsaturated/α-hetero) is 1. The van der Waals surface area contributed by atoms with E-state index in [0.717, 1.165) is 5.69 Å². The fourth-order valence-electron chi connectivity index (χ4n) is 2.45. The highest BCUT2D eigenvalue weighted by molar-refractivity contribution is 6.30. The lowest BCUT2D eigenvalue weighted by Crippen LogP contribution is -2.50. The Labute approximate surface area is 123 Å². The van der Waals surface area contributed by atoms with Crippen LogP contribution < -0.4 is 5.32 Å². The van der Waals surface area contributed by atoms with Gasteiger partial charge in [-0.1, -0.05) is 17.7 Å². The minimum atomic E-state index is -0.825. The largest absolute Gasteiger partial charge is 0.464 e. The maximum absolute atomic E-state index is 12.3. The lowest BCUT2D eigenvalue weighted by molar-refractivity contribution is -0.150. The number of hydrogen-bond acceptors (Lipinski definition) is 4. The number of rotatable bonds is 4. The van der Waals surface area contributed by atoms with Crippen LogP contribution in [0.25, 0.3) is 0 Å². The molecule has 108 valence electrons. The van der Waals surface area contributed by atoms with Crippen molar-refractivity contribution in [1.29, 1.82) is 0 Å². The maximum atomic E-state index is 12.3. The summed E-state index contributed by atoms with van der Waals surface area (Å²) in [6.45, 7) is 2.10. The highest BCUT2D eigenvalue weighted by atomic mass is 35.5. The first-order chi connectivity index (χ1) is 9.55. The van der Waals surface area contributed by atoms with Gasteiger partial charge >= 0.3 is 5.97 Å². The van der Waals surface area contributed by atoms with Crippen LogP contribution in [0.5, 0.6) is 0 Å². The molecular formula is C15H18ClNO3. The standard InChI is InChI=1S/C15H18ClNO3/c1-2-20-14(19)15(8-6-13(18)7-9-15)17-12-5-3-4-11(16)10-12/h3-5,10,17H,2,6-9H2,1H3. The summed E-state index contributed by atoms with van der Waals surface area (Å²) in [5, 5.41) is 3.83. The number of ether oxygens (including phenoxy) is 1. The van der Waals surface area contributed by atoms with Crippen LogP contribution in [-0.4, -0.2) is 23.9 Å². The maximum Gasteiger partial charge on any atom is 0.331 e. The predicted molar refractivity (Wildman–Crippen MR) is 77.9 cm³/mol. The van der Waals surface area contributed by atoms with Crippen molar-refractivity contribution in [1.82, 2.24) is 0 Å². The first-order valence-electron chi connectivity index (χ1n) is 6.78. The van der Waals surface area contributed by atoms with Crippen molar-refractivity contribution in [3.63, 3.8) is 0 Å². The predicted octanol–water partition coefficient (Wildman–Crippen LogP) is 3.20. The van der Waals surface area contributed by atoms with Gasteiger partial charge in [0.2, 0.25) is 0 Å². The molecule has 5 heteroatoms. The molecule has 20 heavy (non-hydrogen) atoms. The average Bonchev–Trinajstić information content (AvgIpc) is 2.42. The molecule has 0 unspecified atom stereocenters. The number of benzene rings is 1. The van der Waals surface area contributed by atoms with Gasteiger partial charge in [-0.25, -0.2) is 4.79 Å². The Hall–Kier alpha value is -1.55. The van der Waals surface area contributed by atoms with Gasteiger partial charge < -0.3 is 10.1 Å². The number of carbonyl (C=O) groups is 2. The van der Waals surface area contributed by atoms with Crippen molar-refractivity contribution in [2.24, 2.45) is 0 Å². The zero-order valence-corrected chi connectivity index (χ0v) is 12.2. The lowest BCUT2D eigenvalue weighted by Gasteiger charge is -2.36. The molecule has 0 aromatic heterocycles. The summed E-state index contributed by atoms with van der Waals surface area (Å²) in [4.78, 5) is 23.7. The Morgan fingerprint density at radius 2 is 2.10 bits per heavy atom. The minimum Gasteiger partial charge on any atom is -0.464 e. The molecule has 0 radical (unpaired) electrons. The van der Waals surface area contributed by atoms with Crippen LogP contribution in [0.3, 0.4) is 0 Å². The second kappa shape index (κ2) is 6.27. The number of carbonyl (C=O) groups excluding carboxylic acids is 2. The molecule has 0 atom stereocenters. The second-order valence-electron chi connectivity index (χ2n) is 4.98. The lowest BCUT2D eigenvalue weighted by atomic mass is 9.80. The molecule has 0 bridgehead atoms. The summed E-state index contributed by atoms with van der Waals surface area (Å²) in [5.41, 5.74) is -0.0610. The fraction of sp³-hybridized carbons (Fsp3) is 0.467.